The zero-order chi connectivity index (χ0) is 9.68. The molecule has 70 valence electrons. The van der Waals surface area contributed by atoms with Crippen molar-refractivity contribution in [1.82, 2.24) is 4.90 Å². The molecule has 0 aromatic heterocycles. The molecule has 0 saturated heterocycles. The highest BCUT2D eigenvalue weighted by molar-refractivity contribution is 5.62. The van der Waals surface area contributed by atoms with Gasteiger partial charge in [0.15, 0.2) is 0 Å². The van der Waals surface area contributed by atoms with Crippen molar-refractivity contribution in [2.75, 3.05) is 14.1 Å². The van der Waals surface area contributed by atoms with Crippen molar-refractivity contribution in [1.29, 1.82) is 0 Å². The van der Waals surface area contributed by atoms with Crippen molar-refractivity contribution in [2.24, 2.45) is 4.99 Å². The smallest absolute Gasteiger partial charge is 0.0907 e. The van der Waals surface area contributed by atoms with Crippen LogP contribution in [0.25, 0.3) is 0 Å². The molecule has 0 fully saturated rings. The van der Waals surface area contributed by atoms with Crippen molar-refractivity contribution in [3.05, 3.63) is 29.8 Å². The highest BCUT2D eigenvalue weighted by atomic mass is 15.1. The van der Waals surface area contributed by atoms with Crippen LogP contribution in [0.15, 0.2) is 29.3 Å². The fourth-order valence-electron chi connectivity index (χ4n) is 1.11. The Balaban J connectivity index is 2.87. The Kier molecular flexibility index (Phi) is 3.50. The number of hydrogen-bond acceptors (Lipinski definition) is 1. The average molecular weight is 176 g/mol. The van der Waals surface area contributed by atoms with Gasteiger partial charge in [-0.05, 0) is 18.1 Å². The summed E-state index contributed by atoms with van der Waals surface area (Å²) in [7, 11) is 3.94. The second-order valence-corrected chi connectivity index (χ2v) is 3.19. The van der Waals surface area contributed by atoms with Gasteiger partial charge in [-0.15, -0.1) is 0 Å². The monoisotopic (exact) mass is 176 g/mol. The van der Waals surface area contributed by atoms with Gasteiger partial charge in [0.25, 0.3) is 0 Å². The molecule has 0 radical (unpaired) electrons. The van der Waals surface area contributed by atoms with Gasteiger partial charge < -0.3 is 4.90 Å². The molecule has 13 heavy (non-hydrogen) atoms. The zero-order valence-corrected chi connectivity index (χ0v) is 8.49. The van der Waals surface area contributed by atoms with E-state index in [-0.39, 0.29) is 0 Å². The number of hydrogen-bond donors (Lipinski definition) is 0. The minimum Gasteiger partial charge on any atom is -0.369 e. The van der Waals surface area contributed by atoms with Gasteiger partial charge in [0, 0.05) is 14.1 Å². The lowest BCUT2D eigenvalue weighted by atomic mass is 10.1. The molecule has 0 aliphatic rings. The second-order valence-electron chi connectivity index (χ2n) is 3.19. The van der Waals surface area contributed by atoms with Gasteiger partial charge in [0.05, 0.1) is 12.0 Å². The number of aryl methyl sites for hydroxylation is 1. The van der Waals surface area contributed by atoms with Crippen LogP contribution in [0.2, 0.25) is 0 Å². The van der Waals surface area contributed by atoms with Gasteiger partial charge in [0.1, 0.15) is 0 Å². The van der Waals surface area contributed by atoms with Crippen LogP contribution in [-0.4, -0.2) is 25.3 Å². The first-order valence-electron chi connectivity index (χ1n) is 4.52. The molecule has 0 N–H and O–H groups in total. The molecule has 2 nitrogen and oxygen atoms in total. The Morgan fingerprint density at radius 3 is 2.62 bits per heavy atom. The maximum atomic E-state index is 4.38. The van der Waals surface area contributed by atoms with Crippen LogP contribution in [0.3, 0.4) is 0 Å². The van der Waals surface area contributed by atoms with Gasteiger partial charge in [0.2, 0.25) is 0 Å². The molecule has 0 spiro atoms. The summed E-state index contributed by atoms with van der Waals surface area (Å²) >= 11 is 0. The Morgan fingerprint density at radius 2 is 2.00 bits per heavy atom. The summed E-state index contributed by atoms with van der Waals surface area (Å²) in [4.78, 5) is 6.31. The SMILES string of the molecule is CCc1ccccc1N=CN(C)C. The van der Waals surface area contributed by atoms with Crippen LogP contribution in [0.1, 0.15) is 12.5 Å². The summed E-state index contributed by atoms with van der Waals surface area (Å²) in [5.41, 5.74) is 2.36. The van der Waals surface area contributed by atoms with E-state index in [2.05, 4.69) is 18.0 Å². The maximum Gasteiger partial charge on any atom is 0.0907 e. The Hall–Kier alpha value is -1.31. The molecule has 0 unspecified atom stereocenters. The molecule has 1 aromatic rings. The van der Waals surface area contributed by atoms with Crippen LogP contribution in [0.5, 0.6) is 0 Å². The number of aliphatic imine (C=N–C) groups is 1. The predicted octanol–water partition coefficient (Wildman–Crippen LogP) is 2.47. The van der Waals surface area contributed by atoms with Gasteiger partial charge in [-0.2, -0.15) is 0 Å². The number of benzene rings is 1. The van der Waals surface area contributed by atoms with Crippen molar-refractivity contribution >= 4 is 12.0 Å². The summed E-state index contributed by atoms with van der Waals surface area (Å²) < 4.78 is 0. The fourth-order valence-corrected chi connectivity index (χ4v) is 1.11. The average Bonchev–Trinajstić information content (AvgIpc) is 2.15. The van der Waals surface area contributed by atoms with Crippen molar-refractivity contribution in [2.45, 2.75) is 13.3 Å². The van der Waals surface area contributed by atoms with E-state index in [1.165, 1.54) is 5.56 Å². The first-order chi connectivity index (χ1) is 6.24. The molecule has 0 aliphatic carbocycles. The lowest BCUT2D eigenvalue weighted by molar-refractivity contribution is 0.643. The summed E-state index contributed by atoms with van der Waals surface area (Å²) in [6.45, 7) is 2.14. The van der Waals surface area contributed by atoms with Gasteiger partial charge in [-0.3, -0.25) is 0 Å². The number of rotatable bonds is 3. The largest absolute Gasteiger partial charge is 0.369 e. The molecule has 0 saturated carbocycles. The first-order valence-corrected chi connectivity index (χ1v) is 4.52. The van der Waals surface area contributed by atoms with Gasteiger partial charge >= 0.3 is 0 Å². The van der Waals surface area contributed by atoms with Crippen LogP contribution < -0.4 is 0 Å². The Labute approximate surface area is 79.9 Å². The van der Waals surface area contributed by atoms with E-state index in [4.69, 9.17) is 0 Å². The normalized spacial score (nSPS) is 10.7. The van der Waals surface area contributed by atoms with Crippen LogP contribution in [-0.2, 0) is 6.42 Å². The maximum absolute atomic E-state index is 4.38. The molecule has 1 rings (SSSR count). The zero-order valence-electron chi connectivity index (χ0n) is 8.49. The van der Waals surface area contributed by atoms with Crippen LogP contribution in [0, 0.1) is 0 Å². The molecule has 0 aliphatic heterocycles. The quantitative estimate of drug-likeness (QED) is 0.510. The Bertz CT molecular complexity index is 290. The lowest BCUT2D eigenvalue weighted by Crippen LogP contribution is -2.07. The van der Waals surface area contributed by atoms with Crippen molar-refractivity contribution < 1.29 is 0 Å². The van der Waals surface area contributed by atoms with E-state index in [1.54, 1.807) is 0 Å². The van der Waals surface area contributed by atoms with E-state index >= 15 is 0 Å². The third-order valence-electron chi connectivity index (χ3n) is 1.80. The Morgan fingerprint density at radius 1 is 1.31 bits per heavy atom. The summed E-state index contributed by atoms with van der Waals surface area (Å²) in [5.74, 6) is 0. The first kappa shape index (κ1) is 9.78. The molecule has 0 heterocycles. The number of para-hydroxylation sites is 1. The molecular formula is C11H16N2. The van der Waals surface area contributed by atoms with Crippen LogP contribution in [0.4, 0.5) is 5.69 Å². The van der Waals surface area contributed by atoms with E-state index < -0.39 is 0 Å². The molecule has 2 heteroatoms. The van der Waals surface area contributed by atoms with Gasteiger partial charge in [-0.1, -0.05) is 25.1 Å². The topological polar surface area (TPSA) is 15.6 Å². The standard InChI is InChI=1S/C11H16N2/c1-4-10-7-5-6-8-11(10)12-9-13(2)3/h5-9H,4H2,1-3H3. The van der Waals surface area contributed by atoms with Crippen LogP contribution >= 0.6 is 0 Å². The van der Waals surface area contributed by atoms with Crippen molar-refractivity contribution in [3.63, 3.8) is 0 Å². The predicted molar refractivity (Wildman–Crippen MR) is 57.7 cm³/mol. The summed E-state index contributed by atoms with van der Waals surface area (Å²) in [6, 6.07) is 8.22. The van der Waals surface area contributed by atoms with E-state index in [9.17, 15) is 0 Å². The molecule has 0 amide bonds. The van der Waals surface area contributed by atoms with E-state index in [0.29, 0.717) is 0 Å². The van der Waals surface area contributed by atoms with E-state index in [0.717, 1.165) is 12.1 Å². The molecule has 0 bridgehead atoms. The minimum absolute atomic E-state index is 1.03. The summed E-state index contributed by atoms with van der Waals surface area (Å²) in [6.07, 6.45) is 2.86. The minimum atomic E-state index is 1.03. The lowest BCUT2D eigenvalue weighted by Gasteiger charge is -2.04. The fraction of sp³-hybridized carbons (Fsp3) is 0.364. The van der Waals surface area contributed by atoms with Crippen molar-refractivity contribution in [3.8, 4) is 0 Å². The summed E-state index contributed by atoms with van der Waals surface area (Å²) in [5, 5.41) is 0. The molecule has 1 aromatic carbocycles. The third-order valence-corrected chi connectivity index (χ3v) is 1.80. The van der Waals surface area contributed by atoms with E-state index in [1.807, 2.05) is 43.5 Å². The third kappa shape index (κ3) is 2.90. The van der Waals surface area contributed by atoms with Gasteiger partial charge in [-0.25, -0.2) is 4.99 Å². The molecule has 0 atom stereocenters. The second kappa shape index (κ2) is 4.65. The highest BCUT2D eigenvalue weighted by Gasteiger charge is 1.95. The highest BCUT2D eigenvalue weighted by Crippen LogP contribution is 2.18. The number of nitrogens with zero attached hydrogens (tertiary/aromatic N) is 2. The molecular weight excluding hydrogens is 160 g/mol.